The van der Waals surface area contributed by atoms with Crippen LogP contribution in [0.2, 0.25) is 10.0 Å². The minimum Gasteiger partial charge on any atom is -0.381 e. The molecule has 19 heavy (non-hydrogen) atoms. The van der Waals surface area contributed by atoms with E-state index in [0.29, 0.717) is 22.2 Å². The normalized spacial score (nSPS) is 10.2. The minimum absolute atomic E-state index is 0.446. The SMILES string of the molecule is NC(=O)c1cccc(NCc2ccc(Cl)c(Cl)c2)c1. The van der Waals surface area contributed by atoms with Crippen LogP contribution in [-0.2, 0) is 6.54 Å². The van der Waals surface area contributed by atoms with Gasteiger partial charge in [-0.25, -0.2) is 0 Å². The Kier molecular flexibility index (Phi) is 4.30. The van der Waals surface area contributed by atoms with Crippen molar-refractivity contribution in [1.82, 2.24) is 0 Å². The Morgan fingerprint density at radius 3 is 2.58 bits per heavy atom. The van der Waals surface area contributed by atoms with E-state index >= 15 is 0 Å². The lowest BCUT2D eigenvalue weighted by Gasteiger charge is -2.08. The number of nitrogens with one attached hydrogen (secondary N) is 1. The van der Waals surface area contributed by atoms with Crippen LogP contribution < -0.4 is 11.1 Å². The molecule has 0 radical (unpaired) electrons. The number of halogens is 2. The van der Waals surface area contributed by atoms with Gasteiger partial charge in [-0.15, -0.1) is 0 Å². The molecule has 5 heteroatoms. The second-order valence-corrected chi connectivity index (χ2v) is 4.86. The molecule has 0 aliphatic carbocycles. The largest absolute Gasteiger partial charge is 0.381 e. The van der Waals surface area contributed by atoms with E-state index in [1.165, 1.54) is 0 Å². The first kappa shape index (κ1) is 13.7. The number of nitrogens with two attached hydrogens (primary N) is 1. The second kappa shape index (κ2) is 5.95. The summed E-state index contributed by atoms with van der Waals surface area (Å²) < 4.78 is 0. The molecule has 2 aromatic rings. The number of carbonyl (C=O) groups excluding carboxylic acids is 1. The van der Waals surface area contributed by atoms with E-state index in [1.54, 1.807) is 30.3 Å². The van der Waals surface area contributed by atoms with Gasteiger partial charge in [0.2, 0.25) is 5.91 Å². The van der Waals surface area contributed by atoms with Crippen LogP contribution in [0.1, 0.15) is 15.9 Å². The monoisotopic (exact) mass is 294 g/mol. The Balaban J connectivity index is 2.07. The van der Waals surface area contributed by atoms with Crippen LogP contribution in [0.15, 0.2) is 42.5 Å². The molecule has 0 saturated heterocycles. The number of carbonyl (C=O) groups is 1. The number of anilines is 1. The van der Waals surface area contributed by atoms with E-state index in [-0.39, 0.29) is 0 Å². The van der Waals surface area contributed by atoms with Gasteiger partial charge in [0.05, 0.1) is 10.0 Å². The first-order valence-electron chi connectivity index (χ1n) is 5.64. The maximum absolute atomic E-state index is 11.1. The standard InChI is InChI=1S/C14H12Cl2N2O/c15-12-5-4-9(6-13(12)16)8-18-11-3-1-2-10(7-11)14(17)19/h1-7,18H,8H2,(H2,17,19). The molecule has 2 aromatic carbocycles. The van der Waals surface area contributed by atoms with Crippen molar-refractivity contribution in [2.45, 2.75) is 6.54 Å². The van der Waals surface area contributed by atoms with E-state index in [1.807, 2.05) is 12.1 Å². The smallest absolute Gasteiger partial charge is 0.248 e. The average molecular weight is 295 g/mol. The number of amides is 1. The molecule has 0 saturated carbocycles. The fraction of sp³-hybridized carbons (Fsp3) is 0.0714. The van der Waals surface area contributed by atoms with Gasteiger partial charge >= 0.3 is 0 Å². The second-order valence-electron chi connectivity index (χ2n) is 4.05. The van der Waals surface area contributed by atoms with Gasteiger partial charge in [-0.1, -0.05) is 35.3 Å². The zero-order chi connectivity index (χ0) is 13.8. The summed E-state index contributed by atoms with van der Waals surface area (Å²) in [5.74, 6) is -0.446. The average Bonchev–Trinajstić information content (AvgIpc) is 2.40. The zero-order valence-electron chi connectivity index (χ0n) is 9.99. The first-order valence-corrected chi connectivity index (χ1v) is 6.39. The molecule has 0 spiro atoms. The van der Waals surface area contributed by atoms with Gasteiger partial charge in [0.15, 0.2) is 0 Å². The van der Waals surface area contributed by atoms with Crippen molar-refractivity contribution in [3.05, 3.63) is 63.6 Å². The third kappa shape index (κ3) is 3.63. The van der Waals surface area contributed by atoms with Gasteiger partial charge in [0.25, 0.3) is 0 Å². The van der Waals surface area contributed by atoms with Crippen molar-refractivity contribution >= 4 is 34.8 Å². The van der Waals surface area contributed by atoms with Crippen LogP contribution in [0.25, 0.3) is 0 Å². The van der Waals surface area contributed by atoms with Gasteiger partial charge < -0.3 is 11.1 Å². The predicted molar refractivity (Wildman–Crippen MR) is 78.7 cm³/mol. The van der Waals surface area contributed by atoms with E-state index in [2.05, 4.69) is 5.32 Å². The molecule has 2 rings (SSSR count). The fourth-order valence-electron chi connectivity index (χ4n) is 1.64. The topological polar surface area (TPSA) is 55.1 Å². The summed E-state index contributed by atoms with van der Waals surface area (Å²) in [4.78, 5) is 11.1. The van der Waals surface area contributed by atoms with Gasteiger partial charge in [0.1, 0.15) is 0 Å². The highest BCUT2D eigenvalue weighted by atomic mass is 35.5. The third-order valence-electron chi connectivity index (χ3n) is 2.63. The number of benzene rings is 2. The Morgan fingerprint density at radius 2 is 1.89 bits per heavy atom. The Labute approximate surface area is 121 Å². The third-order valence-corrected chi connectivity index (χ3v) is 3.37. The molecular weight excluding hydrogens is 283 g/mol. The maximum atomic E-state index is 11.1. The summed E-state index contributed by atoms with van der Waals surface area (Å²) in [7, 11) is 0. The molecule has 0 unspecified atom stereocenters. The molecular formula is C14H12Cl2N2O. The zero-order valence-corrected chi connectivity index (χ0v) is 11.5. The molecule has 0 heterocycles. The van der Waals surface area contributed by atoms with Crippen LogP contribution >= 0.6 is 23.2 Å². The lowest BCUT2D eigenvalue weighted by atomic mass is 10.2. The number of hydrogen-bond acceptors (Lipinski definition) is 2. The van der Waals surface area contributed by atoms with Crippen LogP contribution in [-0.4, -0.2) is 5.91 Å². The molecule has 3 nitrogen and oxygen atoms in total. The van der Waals surface area contributed by atoms with Gasteiger partial charge in [-0.2, -0.15) is 0 Å². The molecule has 0 aliphatic heterocycles. The molecule has 0 atom stereocenters. The van der Waals surface area contributed by atoms with Gasteiger partial charge in [-0.3, -0.25) is 4.79 Å². The van der Waals surface area contributed by atoms with E-state index in [0.717, 1.165) is 11.3 Å². The summed E-state index contributed by atoms with van der Waals surface area (Å²) in [5.41, 5.74) is 7.52. The minimum atomic E-state index is -0.446. The van der Waals surface area contributed by atoms with Crippen molar-refractivity contribution in [1.29, 1.82) is 0 Å². The molecule has 1 amide bonds. The molecule has 0 fully saturated rings. The highest BCUT2D eigenvalue weighted by Gasteiger charge is 2.02. The quantitative estimate of drug-likeness (QED) is 0.903. The maximum Gasteiger partial charge on any atom is 0.248 e. The van der Waals surface area contributed by atoms with E-state index < -0.39 is 5.91 Å². The summed E-state index contributed by atoms with van der Waals surface area (Å²) in [6.07, 6.45) is 0. The first-order chi connectivity index (χ1) is 9.06. The van der Waals surface area contributed by atoms with E-state index in [9.17, 15) is 4.79 Å². The molecule has 98 valence electrons. The van der Waals surface area contributed by atoms with Crippen LogP contribution in [0.5, 0.6) is 0 Å². The number of hydrogen-bond donors (Lipinski definition) is 2. The Bertz CT molecular complexity index is 614. The van der Waals surface area contributed by atoms with Crippen molar-refractivity contribution in [2.75, 3.05) is 5.32 Å². The van der Waals surface area contributed by atoms with Crippen LogP contribution in [0.3, 0.4) is 0 Å². The van der Waals surface area contributed by atoms with Gasteiger partial charge in [0, 0.05) is 17.8 Å². The van der Waals surface area contributed by atoms with Crippen LogP contribution in [0.4, 0.5) is 5.69 Å². The molecule has 0 aromatic heterocycles. The molecule has 3 N–H and O–H groups in total. The number of rotatable bonds is 4. The summed E-state index contributed by atoms with van der Waals surface area (Å²) in [6, 6.07) is 12.5. The predicted octanol–water partition coefficient (Wildman–Crippen LogP) is 3.70. The summed E-state index contributed by atoms with van der Waals surface area (Å²) in [5, 5.41) is 4.24. The highest BCUT2D eigenvalue weighted by molar-refractivity contribution is 6.42. The number of primary amides is 1. The fourth-order valence-corrected chi connectivity index (χ4v) is 1.96. The molecule has 0 bridgehead atoms. The Hall–Kier alpha value is -1.71. The van der Waals surface area contributed by atoms with E-state index in [4.69, 9.17) is 28.9 Å². The lowest BCUT2D eigenvalue weighted by Crippen LogP contribution is -2.11. The summed E-state index contributed by atoms with van der Waals surface area (Å²) in [6.45, 7) is 0.582. The highest BCUT2D eigenvalue weighted by Crippen LogP contribution is 2.23. The van der Waals surface area contributed by atoms with Crippen molar-refractivity contribution in [2.24, 2.45) is 5.73 Å². The summed E-state index contributed by atoms with van der Waals surface area (Å²) >= 11 is 11.8. The van der Waals surface area contributed by atoms with Crippen molar-refractivity contribution in [3.63, 3.8) is 0 Å². The van der Waals surface area contributed by atoms with Crippen LogP contribution in [0, 0.1) is 0 Å². The van der Waals surface area contributed by atoms with Gasteiger partial charge in [-0.05, 0) is 35.9 Å². The van der Waals surface area contributed by atoms with Crippen molar-refractivity contribution < 1.29 is 4.79 Å². The Morgan fingerprint density at radius 1 is 1.11 bits per heavy atom. The molecule has 0 aliphatic rings. The van der Waals surface area contributed by atoms with Crippen molar-refractivity contribution in [3.8, 4) is 0 Å². The lowest BCUT2D eigenvalue weighted by molar-refractivity contribution is 0.100.